The summed E-state index contributed by atoms with van der Waals surface area (Å²) in [6.07, 6.45) is 0.0627. The number of nitrogens with zero attached hydrogens (tertiary/aromatic N) is 2. The highest BCUT2D eigenvalue weighted by molar-refractivity contribution is 5.80. The highest BCUT2D eigenvalue weighted by atomic mass is 16.5. The largest absolute Gasteiger partial charge is 0.374 e. The van der Waals surface area contributed by atoms with Crippen LogP contribution >= 0.6 is 0 Å². The standard InChI is InChI=1S/C15H20N4O2/c1-10-3-2-4-12-14(10)17-13(18-15(12)20)9-19-5-6-21-11(7-16)8-19/h2-4,11H,5-9,16H2,1H3,(H,17,18,20). The number of H-pyrrole nitrogens is 1. The fourth-order valence-corrected chi connectivity index (χ4v) is 2.71. The number of fused-ring (bicyclic) bond motifs is 1. The van der Waals surface area contributed by atoms with Gasteiger partial charge in [-0.25, -0.2) is 4.98 Å². The summed E-state index contributed by atoms with van der Waals surface area (Å²) in [5, 5.41) is 0.639. The first-order valence-corrected chi connectivity index (χ1v) is 7.20. The Kier molecular flexibility index (Phi) is 4.01. The number of hydrogen-bond donors (Lipinski definition) is 2. The van der Waals surface area contributed by atoms with Gasteiger partial charge in [-0.2, -0.15) is 0 Å². The third kappa shape index (κ3) is 2.97. The van der Waals surface area contributed by atoms with Gasteiger partial charge in [-0.05, 0) is 18.6 Å². The maximum Gasteiger partial charge on any atom is 0.258 e. The number of nitrogens with two attached hydrogens (primary N) is 1. The molecule has 0 amide bonds. The van der Waals surface area contributed by atoms with Gasteiger partial charge in [-0.15, -0.1) is 0 Å². The number of aromatic amines is 1. The van der Waals surface area contributed by atoms with Crippen molar-refractivity contribution < 1.29 is 4.74 Å². The van der Waals surface area contributed by atoms with Crippen molar-refractivity contribution in [2.45, 2.75) is 19.6 Å². The zero-order valence-corrected chi connectivity index (χ0v) is 12.1. The molecule has 1 aliphatic heterocycles. The van der Waals surface area contributed by atoms with Crippen LogP contribution in [-0.4, -0.2) is 47.2 Å². The zero-order chi connectivity index (χ0) is 14.8. The van der Waals surface area contributed by atoms with Crippen LogP contribution in [0.3, 0.4) is 0 Å². The second-order valence-corrected chi connectivity index (χ2v) is 5.45. The minimum absolute atomic E-state index is 0.0627. The van der Waals surface area contributed by atoms with Crippen molar-refractivity contribution in [3.05, 3.63) is 39.9 Å². The molecule has 112 valence electrons. The number of rotatable bonds is 3. The van der Waals surface area contributed by atoms with E-state index >= 15 is 0 Å². The Balaban J connectivity index is 1.87. The van der Waals surface area contributed by atoms with Crippen LogP contribution in [0.1, 0.15) is 11.4 Å². The predicted octanol–water partition coefficient (Wildman–Crippen LogP) is 0.391. The van der Waals surface area contributed by atoms with Crippen LogP contribution in [0, 0.1) is 6.92 Å². The number of morpholine rings is 1. The van der Waals surface area contributed by atoms with Crippen molar-refractivity contribution in [2.24, 2.45) is 5.73 Å². The first kappa shape index (κ1) is 14.2. The average Bonchev–Trinajstić information content (AvgIpc) is 2.49. The Labute approximate surface area is 122 Å². The van der Waals surface area contributed by atoms with Gasteiger partial charge in [0.2, 0.25) is 0 Å². The maximum absolute atomic E-state index is 12.2. The van der Waals surface area contributed by atoms with Gasteiger partial charge in [0, 0.05) is 19.6 Å². The molecule has 1 unspecified atom stereocenters. The molecule has 0 bridgehead atoms. The van der Waals surface area contributed by atoms with Crippen LogP contribution in [0.25, 0.3) is 10.9 Å². The van der Waals surface area contributed by atoms with Crippen molar-refractivity contribution in [3.63, 3.8) is 0 Å². The minimum atomic E-state index is -0.0812. The monoisotopic (exact) mass is 288 g/mol. The summed E-state index contributed by atoms with van der Waals surface area (Å²) in [4.78, 5) is 21.9. The summed E-state index contributed by atoms with van der Waals surface area (Å²) in [5.41, 5.74) is 7.36. The molecular weight excluding hydrogens is 268 g/mol. The van der Waals surface area contributed by atoms with Crippen molar-refractivity contribution in [1.29, 1.82) is 0 Å². The molecule has 3 N–H and O–H groups in total. The van der Waals surface area contributed by atoms with Gasteiger partial charge < -0.3 is 15.5 Å². The van der Waals surface area contributed by atoms with Crippen LogP contribution in [0.5, 0.6) is 0 Å². The highest BCUT2D eigenvalue weighted by Crippen LogP contribution is 2.13. The highest BCUT2D eigenvalue weighted by Gasteiger charge is 2.20. The van der Waals surface area contributed by atoms with Crippen molar-refractivity contribution >= 4 is 10.9 Å². The average molecular weight is 288 g/mol. The number of nitrogens with one attached hydrogen (secondary N) is 1. The molecule has 6 heteroatoms. The number of benzene rings is 1. The van der Waals surface area contributed by atoms with E-state index in [-0.39, 0.29) is 11.7 Å². The summed E-state index contributed by atoms with van der Waals surface area (Å²) in [5.74, 6) is 0.694. The quantitative estimate of drug-likeness (QED) is 0.853. The molecule has 1 aromatic heterocycles. The first-order chi connectivity index (χ1) is 10.2. The van der Waals surface area contributed by atoms with E-state index < -0.39 is 0 Å². The molecule has 2 aromatic rings. The van der Waals surface area contributed by atoms with Gasteiger partial charge in [0.1, 0.15) is 5.82 Å². The Morgan fingerprint density at radius 1 is 1.52 bits per heavy atom. The van der Waals surface area contributed by atoms with Crippen molar-refractivity contribution in [1.82, 2.24) is 14.9 Å². The third-order valence-electron chi connectivity index (χ3n) is 3.85. The van der Waals surface area contributed by atoms with E-state index in [9.17, 15) is 4.79 Å². The van der Waals surface area contributed by atoms with E-state index in [1.165, 1.54) is 0 Å². The Hall–Kier alpha value is -1.76. The molecule has 21 heavy (non-hydrogen) atoms. The minimum Gasteiger partial charge on any atom is -0.374 e. The van der Waals surface area contributed by atoms with Crippen LogP contribution in [0.4, 0.5) is 0 Å². The van der Waals surface area contributed by atoms with Crippen LogP contribution in [0.2, 0.25) is 0 Å². The summed E-state index contributed by atoms with van der Waals surface area (Å²) >= 11 is 0. The van der Waals surface area contributed by atoms with Crippen LogP contribution in [0.15, 0.2) is 23.0 Å². The third-order valence-corrected chi connectivity index (χ3v) is 3.85. The maximum atomic E-state index is 12.2. The molecule has 1 aliphatic rings. The number of para-hydroxylation sites is 1. The van der Waals surface area contributed by atoms with Crippen molar-refractivity contribution in [2.75, 3.05) is 26.2 Å². The lowest BCUT2D eigenvalue weighted by Gasteiger charge is -2.31. The van der Waals surface area contributed by atoms with E-state index in [1.807, 2.05) is 19.1 Å². The molecule has 0 radical (unpaired) electrons. The second kappa shape index (κ2) is 5.93. The normalized spacial score (nSPS) is 20.0. The Morgan fingerprint density at radius 3 is 3.19 bits per heavy atom. The molecule has 6 nitrogen and oxygen atoms in total. The van der Waals surface area contributed by atoms with E-state index in [2.05, 4.69) is 14.9 Å². The SMILES string of the molecule is Cc1cccc2c(=O)[nH]c(CN3CCOC(CN)C3)nc12. The molecule has 1 aromatic carbocycles. The molecule has 0 aliphatic carbocycles. The molecule has 1 fully saturated rings. The lowest BCUT2D eigenvalue weighted by Crippen LogP contribution is -2.45. The molecular formula is C15H20N4O2. The molecule has 0 spiro atoms. The first-order valence-electron chi connectivity index (χ1n) is 7.20. The molecule has 1 atom stereocenters. The fourth-order valence-electron chi connectivity index (χ4n) is 2.71. The lowest BCUT2D eigenvalue weighted by molar-refractivity contribution is -0.0268. The lowest BCUT2D eigenvalue weighted by atomic mass is 10.1. The van der Waals surface area contributed by atoms with Gasteiger partial charge in [-0.1, -0.05) is 12.1 Å². The predicted molar refractivity (Wildman–Crippen MR) is 81.2 cm³/mol. The van der Waals surface area contributed by atoms with Gasteiger partial charge in [0.05, 0.1) is 30.2 Å². The van der Waals surface area contributed by atoms with Gasteiger partial charge in [0.25, 0.3) is 5.56 Å². The van der Waals surface area contributed by atoms with E-state index in [0.717, 1.165) is 24.2 Å². The van der Waals surface area contributed by atoms with Gasteiger partial charge >= 0.3 is 0 Å². The number of aryl methyl sites for hydroxylation is 1. The topological polar surface area (TPSA) is 84.2 Å². The zero-order valence-electron chi connectivity index (χ0n) is 12.1. The Bertz CT molecular complexity index is 698. The van der Waals surface area contributed by atoms with Gasteiger partial charge in [-0.3, -0.25) is 9.69 Å². The molecule has 3 rings (SSSR count). The summed E-state index contributed by atoms with van der Waals surface area (Å²) in [6.45, 7) is 5.35. The number of hydrogen-bond acceptors (Lipinski definition) is 5. The number of aromatic nitrogens is 2. The number of ether oxygens (including phenoxy) is 1. The summed E-state index contributed by atoms with van der Waals surface area (Å²) in [7, 11) is 0. The van der Waals surface area contributed by atoms with Crippen LogP contribution in [-0.2, 0) is 11.3 Å². The van der Waals surface area contributed by atoms with E-state index in [1.54, 1.807) is 6.07 Å². The smallest absolute Gasteiger partial charge is 0.258 e. The molecule has 2 heterocycles. The fraction of sp³-hybridized carbons (Fsp3) is 0.467. The van der Waals surface area contributed by atoms with E-state index in [4.69, 9.17) is 10.5 Å². The van der Waals surface area contributed by atoms with Crippen LogP contribution < -0.4 is 11.3 Å². The van der Waals surface area contributed by atoms with Gasteiger partial charge in [0.15, 0.2) is 0 Å². The van der Waals surface area contributed by atoms with E-state index in [0.29, 0.717) is 30.9 Å². The summed E-state index contributed by atoms with van der Waals surface area (Å²) < 4.78 is 5.55. The molecule has 1 saturated heterocycles. The summed E-state index contributed by atoms with van der Waals surface area (Å²) in [6, 6.07) is 5.65. The molecule has 0 saturated carbocycles. The van der Waals surface area contributed by atoms with Crippen molar-refractivity contribution in [3.8, 4) is 0 Å². The Morgan fingerprint density at radius 2 is 2.38 bits per heavy atom. The second-order valence-electron chi connectivity index (χ2n) is 5.45.